The summed E-state index contributed by atoms with van der Waals surface area (Å²) in [6.45, 7) is 4.97. The number of hydrogen-bond donors (Lipinski definition) is 3. The van der Waals surface area contributed by atoms with Crippen molar-refractivity contribution in [1.29, 1.82) is 0 Å². The van der Waals surface area contributed by atoms with Crippen LogP contribution in [0.5, 0.6) is 0 Å². The van der Waals surface area contributed by atoms with E-state index in [2.05, 4.69) is 61.6 Å². The van der Waals surface area contributed by atoms with Gasteiger partial charge >= 0.3 is 0 Å². The standard InChI is InChI=1S/C40H35BrN4O3S/c1-3-37(40(48)43-30-20-21-36-33(25-30)32-18-8-9-19-35(32)45(36)4-2)49-31-17-11-16-29(24-31)42-39(47)34(23-26-12-10-15-28(41)22-26)44-38(46)27-13-6-5-7-14-27/h5-25,37H,3-4H2,1-2H3,(H,42,47)(H,43,48)(H,44,46)/b34-23+. The monoisotopic (exact) mass is 730 g/mol. The summed E-state index contributed by atoms with van der Waals surface area (Å²) in [6.07, 6.45) is 2.24. The van der Waals surface area contributed by atoms with Gasteiger partial charge in [-0.1, -0.05) is 77.5 Å². The molecular formula is C40H35BrN4O3S. The molecule has 0 bridgehead atoms. The number of amides is 3. The molecule has 1 aromatic heterocycles. The number of aromatic nitrogens is 1. The second kappa shape index (κ2) is 15.4. The van der Waals surface area contributed by atoms with Crippen LogP contribution in [-0.4, -0.2) is 27.5 Å². The SMILES string of the molecule is CCC(Sc1cccc(NC(=O)/C(=C\c2cccc(Br)c2)NC(=O)c2ccccc2)c1)C(=O)Nc1ccc2c(c1)c1ccccc1n2CC. The van der Waals surface area contributed by atoms with Crippen molar-refractivity contribution >= 4 is 84.7 Å². The lowest BCUT2D eigenvalue weighted by Crippen LogP contribution is -2.30. The number of anilines is 2. The first-order valence-corrected chi connectivity index (χ1v) is 17.7. The van der Waals surface area contributed by atoms with Gasteiger partial charge in [-0.2, -0.15) is 0 Å². The molecule has 1 unspecified atom stereocenters. The smallest absolute Gasteiger partial charge is 0.272 e. The van der Waals surface area contributed by atoms with Crippen LogP contribution in [0.3, 0.4) is 0 Å². The zero-order chi connectivity index (χ0) is 34.3. The quantitative estimate of drug-likeness (QED) is 0.0915. The van der Waals surface area contributed by atoms with E-state index in [0.717, 1.165) is 43.5 Å². The van der Waals surface area contributed by atoms with Crippen LogP contribution in [0.15, 0.2) is 136 Å². The molecule has 0 aliphatic rings. The molecule has 0 fully saturated rings. The number of halogens is 1. The number of fused-ring (bicyclic) bond motifs is 3. The highest BCUT2D eigenvalue weighted by atomic mass is 79.9. The molecule has 0 aliphatic heterocycles. The number of carbonyl (C=O) groups is 3. The van der Waals surface area contributed by atoms with Gasteiger partial charge in [-0.15, -0.1) is 11.8 Å². The van der Waals surface area contributed by atoms with E-state index in [9.17, 15) is 14.4 Å². The van der Waals surface area contributed by atoms with Gasteiger partial charge in [-0.3, -0.25) is 14.4 Å². The first-order valence-electron chi connectivity index (χ1n) is 16.1. The van der Waals surface area contributed by atoms with Crippen molar-refractivity contribution in [3.05, 3.63) is 143 Å². The molecule has 9 heteroatoms. The number of aryl methyl sites for hydroxylation is 1. The summed E-state index contributed by atoms with van der Waals surface area (Å²) >= 11 is 4.90. The molecule has 0 radical (unpaired) electrons. The second-order valence-corrected chi connectivity index (χ2v) is 13.6. The Bertz CT molecular complexity index is 2200. The van der Waals surface area contributed by atoms with Crippen molar-refractivity contribution in [3.8, 4) is 0 Å². The molecule has 6 aromatic rings. The Morgan fingerprint density at radius 3 is 2.27 bits per heavy atom. The number of nitrogens with one attached hydrogen (secondary N) is 3. The highest BCUT2D eigenvalue weighted by Gasteiger charge is 2.20. The summed E-state index contributed by atoms with van der Waals surface area (Å²) in [7, 11) is 0. The number of thioether (sulfide) groups is 1. The summed E-state index contributed by atoms with van der Waals surface area (Å²) in [6, 6.07) is 37.9. The fourth-order valence-electron chi connectivity index (χ4n) is 5.73. The van der Waals surface area contributed by atoms with Crippen molar-refractivity contribution in [3.63, 3.8) is 0 Å². The number of rotatable bonds is 11. The average Bonchev–Trinajstić information content (AvgIpc) is 3.43. The highest BCUT2D eigenvalue weighted by Crippen LogP contribution is 2.32. The van der Waals surface area contributed by atoms with Gasteiger partial charge < -0.3 is 20.5 Å². The van der Waals surface area contributed by atoms with Crippen molar-refractivity contribution < 1.29 is 14.4 Å². The lowest BCUT2D eigenvalue weighted by Gasteiger charge is -2.16. The Kier molecular flexibility index (Phi) is 10.6. The van der Waals surface area contributed by atoms with E-state index in [-0.39, 0.29) is 16.9 Å². The van der Waals surface area contributed by atoms with Crippen LogP contribution >= 0.6 is 27.7 Å². The van der Waals surface area contributed by atoms with E-state index in [1.54, 1.807) is 36.4 Å². The molecule has 0 saturated carbocycles. The van der Waals surface area contributed by atoms with Crippen LogP contribution in [-0.2, 0) is 16.1 Å². The van der Waals surface area contributed by atoms with E-state index >= 15 is 0 Å². The molecule has 6 rings (SSSR count). The molecule has 0 aliphatic carbocycles. The Balaban J connectivity index is 1.17. The number of nitrogens with zero attached hydrogens (tertiary/aromatic N) is 1. The van der Waals surface area contributed by atoms with Gasteiger partial charge in [0.15, 0.2) is 0 Å². The number of hydrogen-bond acceptors (Lipinski definition) is 4. The third-order valence-corrected chi connectivity index (χ3v) is 9.93. The van der Waals surface area contributed by atoms with Gasteiger partial charge in [0.2, 0.25) is 5.91 Å². The molecule has 0 spiro atoms. The Morgan fingerprint density at radius 1 is 0.755 bits per heavy atom. The van der Waals surface area contributed by atoms with Crippen LogP contribution < -0.4 is 16.0 Å². The largest absolute Gasteiger partial charge is 0.341 e. The van der Waals surface area contributed by atoms with Crippen molar-refractivity contribution in [1.82, 2.24) is 9.88 Å². The summed E-state index contributed by atoms with van der Waals surface area (Å²) in [5.41, 5.74) is 4.86. The maximum Gasteiger partial charge on any atom is 0.272 e. The number of benzene rings is 5. The first kappa shape index (κ1) is 33.8. The van der Waals surface area contributed by atoms with Gasteiger partial charge in [0.05, 0.1) is 5.25 Å². The van der Waals surface area contributed by atoms with Gasteiger partial charge in [0.1, 0.15) is 5.70 Å². The molecule has 1 heterocycles. The molecule has 1 atom stereocenters. The predicted molar refractivity (Wildman–Crippen MR) is 205 cm³/mol. The third kappa shape index (κ3) is 7.96. The summed E-state index contributed by atoms with van der Waals surface area (Å²) in [4.78, 5) is 41.0. The minimum absolute atomic E-state index is 0.0925. The fourth-order valence-corrected chi connectivity index (χ4v) is 7.16. The lowest BCUT2D eigenvalue weighted by atomic mass is 10.1. The minimum Gasteiger partial charge on any atom is -0.341 e. The molecule has 246 valence electrons. The summed E-state index contributed by atoms with van der Waals surface area (Å²) < 4.78 is 3.13. The Morgan fingerprint density at radius 2 is 1.49 bits per heavy atom. The zero-order valence-electron chi connectivity index (χ0n) is 27.1. The fraction of sp³-hybridized carbons (Fsp3) is 0.125. The Hall–Kier alpha value is -5.12. The third-order valence-electron chi connectivity index (χ3n) is 8.08. The second-order valence-electron chi connectivity index (χ2n) is 11.4. The van der Waals surface area contributed by atoms with Crippen LogP contribution in [0.4, 0.5) is 11.4 Å². The van der Waals surface area contributed by atoms with Gasteiger partial charge in [-0.25, -0.2) is 0 Å². The topological polar surface area (TPSA) is 92.2 Å². The van der Waals surface area contributed by atoms with Crippen LogP contribution in [0.2, 0.25) is 0 Å². The maximum absolute atomic E-state index is 13.6. The maximum atomic E-state index is 13.6. The number of para-hydroxylation sites is 1. The van der Waals surface area contributed by atoms with E-state index in [4.69, 9.17) is 0 Å². The normalized spacial score (nSPS) is 12.1. The molecule has 3 amide bonds. The van der Waals surface area contributed by atoms with Crippen LogP contribution in [0.25, 0.3) is 27.9 Å². The van der Waals surface area contributed by atoms with Crippen molar-refractivity contribution in [2.45, 2.75) is 37.0 Å². The van der Waals surface area contributed by atoms with E-state index < -0.39 is 11.8 Å². The van der Waals surface area contributed by atoms with Gasteiger partial charge in [0.25, 0.3) is 11.8 Å². The van der Waals surface area contributed by atoms with Crippen LogP contribution in [0.1, 0.15) is 36.2 Å². The zero-order valence-corrected chi connectivity index (χ0v) is 29.5. The highest BCUT2D eigenvalue weighted by molar-refractivity contribution is 9.10. The van der Waals surface area contributed by atoms with E-state index in [1.165, 1.54) is 17.3 Å². The minimum atomic E-state index is -0.476. The summed E-state index contributed by atoms with van der Waals surface area (Å²) in [5.74, 6) is -0.965. The number of carbonyl (C=O) groups excluding carboxylic acids is 3. The predicted octanol–water partition coefficient (Wildman–Crippen LogP) is 9.50. The molecule has 3 N–H and O–H groups in total. The molecular weight excluding hydrogens is 696 g/mol. The van der Waals surface area contributed by atoms with Gasteiger partial charge in [0, 0.05) is 54.7 Å². The van der Waals surface area contributed by atoms with Gasteiger partial charge in [-0.05, 0) is 91.7 Å². The molecule has 49 heavy (non-hydrogen) atoms. The molecule has 5 aromatic carbocycles. The molecule has 0 saturated heterocycles. The first-order chi connectivity index (χ1) is 23.8. The average molecular weight is 732 g/mol. The van der Waals surface area contributed by atoms with E-state index in [1.807, 2.05) is 79.7 Å². The summed E-state index contributed by atoms with van der Waals surface area (Å²) in [5, 5.41) is 10.7. The molecule has 7 nitrogen and oxygen atoms in total. The van der Waals surface area contributed by atoms with Crippen molar-refractivity contribution in [2.24, 2.45) is 0 Å². The van der Waals surface area contributed by atoms with Crippen LogP contribution in [0, 0.1) is 0 Å². The lowest BCUT2D eigenvalue weighted by molar-refractivity contribution is -0.116. The Labute approximate surface area is 297 Å². The van der Waals surface area contributed by atoms with E-state index in [0.29, 0.717) is 17.7 Å². The van der Waals surface area contributed by atoms with Crippen molar-refractivity contribution in [2.75, 3.05) is 10.6 Å².